The number of fused-ring (bicyclic) bond motifs is 2. The minimum Gasteiger partial charge on any atom is -0.333 e. The van der Waals surface area contributed by atoms with Crippen molar-refractivity contribution in [3.8, 4) is 11.3 Å². The maximum Gasteiger partial charge on any atom is 0.274 e. The Labute approximate surface area is 202 Å². The SMILES string of the molecule is Cn1nc(-c2ccc(N3CCC(C(=O)N4Cc5ccccc5C4)C3=O)cc2)c2ccccc2c1=O. The number of aryl methyl sites for hydroxylation is 1. The molecule has 0 bridgehead atoms. The van der Waals surface area contributed by atoms with E-state index in [9.17, 15) is 14.4 Å². The Kier molecular flexibility index (Phi) is 4.99. The van der Waals surface area contributed by atoms with Crippen LogP contribution in [0.5, 0.6) is 0 Å². The van der Waals surface area contributed by atoms with Crippen LogP contribution in [0.15, 0.2) is 77.6 Å². The fraction of sp³-hybridized carbons (Fsp3) is 0.214. The Bertz CT molecular complexity index is 1520. The van der Waals surface area contributed by atoms with Crippen LogP contribution < -0.4 is 10.5 Å². The van der Waals surface area contributed by atoms with Crippen molar-refractivity contribution in [2.75, 3.05) is 11.4 Å². The summed E-state index contributed by atoms with van der Waals surface area (Å²) in [4.78, 5) is 42.3. The predicted octanol–water partition coefficient (Wildman–Crippen LogP) is 3.50. The maximum absolute atomic E-state index is 13.2. The Balaban J connectivity index is 1.23. The molecule has 6 rings (SSSR count). The van der Waals surface area contributed by atoms with Gasteiger partial charge in [0.15, 0.2) is 0 Å². The first-order valence-corrected chi connectivity index (χ1v) is 11.7. The molecule has 2 amide bonds. The van der Waals surface area contributed by atoms with Gasteiger partial charge in [-0.25, -0.2) is 4.68 Å². The third-order valence-corrected chi connectivity index (χ3v) is 7.06. The van der Waals surface area contributed by atoms with Crippen LogP contribution in [-0.2, 0) is 29.7 Å². The van der Waals surface area contributed by atoms with Gasteiger partial charge in [0.2, 0.25) is 11.8 Å². The third kappa shape index (κ3) is 3.51. The smallest absolute Gasteiger partial charge is 0.274 e. The van der Waals surface area contributed by atoms with Crippen molar-refractivity contribution in [1.82, 2.24) is 14.7 Å². The molecule has 0 spiro atoms. The lowest BCUT2D eigenvalue weighted by Gasteiger charge is -2.20. The van der Waals surface area contributed by atoms with Gasteiger partial charge in [-0.1, -0.05) is 54.6 Å². The van der Waals surface area contributed by atoms with Crippen LogP contribution in [0.25, 0.3) is 22.0 Å². The van der Waals surface area contributed by atoms with Gasteiger partial charge in [-0.3, -0.25) is 14.4 Å². The molecular weight excluding hydrogens is 440 g/mol. The molecule has 1 saturated heterocycles. The summed E-state index contributed by atoms with van der Waals surface area (Å²) >= 11 is 0. The van der Waals surface area contributed by atoms with E-state index < -0.39 is 5.92 Å². The zero-order valence-electron chi connectivity index (χ0n) is 19.3. The number of hydrogen-bond donors (Lipinski definition) is 0. The number of hydrogen-bond acceptors (Lipinski definition) is 4. The van der Waals surface area contributed by atoms with Crippen LogP contribution in [0.4, 0.5) is 5.69 Å². The molecule has 1 aromatic heterocycles. The fourth-order valence-corrected chi connectivity index (χ4v) is 5.19. The topological polar surface area (TPSA) is 75.5 Å². The highest BCUT2D eigenvalue weighted by molar-refractivity contribution is 6.09. The van der Waals surface area contributed by atoms with Crippen LogP contribution in [0.1, 0.15) is 17.5 Å². The highest BCUT2D eigenvalue weighted by Crippen LogP contribution is 2.32. The number of carbonyl (C=O) groups excluding carboxylic acids is 2. The number of anilines is 1. The second-order valence-electron chi connectivity index (χ2n) is 9.16. The van der Waals surface area contributed by atoms with E-state index in [0.717, 1.165) is 27.8 Å². The molecule has 35 heavy (non-hydrogen) atoms. The predicted molar refractivity (Wildman–Crippen MR) is 134 cm³/mol. The molecule has 2 aliphatic rings. The highest BCUT2D eigenvalue weighted by atomic mass is 16.2. The minimum atomic E-state index is -0.641. The van der Waals surface area contributed by atoms with E-state index >= 15 is 0 Å². The van der Waals surface area contributed by atoms with Gasteiger partial charge >= 0.3 is 0 Å². The first-order valence-electron chi connectivity index (χ1n) is 11.7. The molecule has 3 heterocycles. The van der Waals surface area contributed by atoms with E-state index in [-0.39, 0.29) is 17.4 Å². The number of aromatic nitrogens is 2. The Hall–Kier alpha value is -4.26. The summed E-state index contributed by atoms with van der Waals surface area (Å²) < 4.78 is 1.35. The summed E-state index contributed by atoms with van der Waals surface area (Å²) in [6.45, 7) is 1.64. The molecule has 1 unspecified atom stereocenters. The van der Waals surface area contributed by atoms with Crippen LogP contribution in [0.2, 0.25) is 0 Å². The Morgan fingerprint density at radius 3 is 2.17 bits per heavy atom. The zero-order chi connectivity index (χ0) is 24.1. The molecule has 0 radical (unpaired) electrons. The van der Waals surface area contributed by atoms with Crippen LogP contribution >= 0.6 is 0 Å². The molecular formula is C28H24N4O3. The average Bonchev–Trinajstić information content (AvgIpc) is 3.50. The molecule has 7 nitrogen and oxygen atoms in total. The molecule has 7 heteroatoms. The number of benzene rings is 3. The largest absolute Gasteiger partial charge is 0.333 e. The van der Waals surface area contributed by atoms with Crippen LogP contribution in [0.3, 0.4) is 0 Å². The molecule has 0 aliphatic carbocycles. The molecule has 2 aliphatic heterocycles. The molecule has 3 aromatic carbocycles. The summed E-state index contributed by atoms with van der Waals surface area (Å²) in [5.41, 5.74) is 4.49. The number of carbonyl (C=O) groups is 2. The molecule has 1 fully saturated rings. The standard InChI is InChI=1S/C28H24N4O3/c1-30-26(33)23-9-5-4-8-22(23)25(29-30)18-10-12-21(13-11-18)32-15-14-24(28(32)35)27(34)31-16-19-6-2-3-7-20(19)17-31/h2-13,24H,14-17H2,1H3. The average molecular weight is 465 g/mol. The summed E-state index contributed by atoms with van der Waals surface area (Å²) in [5.74, 6) is -0.881. The van der Waals surface area contributed by atoms with E-state index in [2.05, 4.69) is 5.10 Å². The molecule has 0 N–H and O–H groups in total. The first-order chi connectivity index (χ1) is 17.0. The molecule has 4 aromatic rings. The highest BCUT2D eigenvalue weighted by Gasteiger charge is 2.40. The van der Waals surface area contributed by atoms with Crippen molar-refractivity contribution in [3.05, 3.63) is 94.3 Å². The van der Waals surface area contributed by atoms with Gasteiger partial charge in [-0.05, 0) is 35.7 Å². The van der Waals surface area contributed by atoms with Gasteiger partial charge in [-0.15, -0.1) is 0 Å². The van der Waals surface area contributed by atoms with Crippen molar-refractivity contribution in [3.63, 3.8) is 0 Å². The molecule has 0 saturated carbocycles. The summed E-state index contributed by atoms with van der Waals surface area (Å²) in [7, 11) is 1.64. The summed E-state index contributed by atoms with van der Waals surface area (Å²) in [6.07, 6.45) is 0.513. The monoisotopic (exact) mass is 464 g/mol. The minimum absolute atomic E-state index is 0.0915. The van der Waals surface area contributed by atoms with Gasteiger partial charge in [0, 0.05) is 43.3 Å². The number of amides is 2. The van der Waals surface area contributed by atoms with Gasteiger partial charge in [-0.2, -0.15) is 5.10 Å². The van der Waals surface area contributed by atoms with Crippen molar-refractivity contribution in [2.45, 2.75) is 19.5 Å². The van der Waals surface area contributed by atoms with E-state index in [1.807, 2.05) is 66.7 Å². The van der Waals surface area contributed by atoms with Crippen molar-refractivity contribution in [1.29, 1.82) is 0 Å². The maximum atomic E-state index is 13.2. The lowest BCUT2D eigenvalue weighted by atomic mass is 10.0. The van der Waals surface area contributed by atoms with E-state index in [1.54, 1.807) is 22.9 Å². The number of nitrogens with zero attached hydrogens (tertiary/aromatic N) is 4. The Morgan fingerprint density at radius 1 is 0.857 bits per heavy atom. The third-order valence-electron chi connectivity index (χ3n) is 7.06. The summed E-state index contributed by atoms with van der Waals surface area (Å²) in [6, 6.07) is 23.0. The lowest BCUT2D eigenvalue weighted by Crippen LogP contribution is -2.37. The quantitative estimate of drug-likeness (QED) is 0.435. The number of rotatable bonds is 3. The normalized spacial score (nSPS) is 17.3. The molecule has 1 atom stereocenters. The van der Waals surface area contributed by atoms with E-state index in [1.165, 1.54) is 4.68 Å². The summed E-state index contributed by atoms with van der Waals surface area (Å²) in [5, 5.41) is 5.89. The van der Waals surface area contributed by atoms with Crippen molar-refractivity contribution < 1.29 is 9.59 Å². The van der Waals surface area contributed by atoms with Crippen molar-refractivity contribution in [2.24, 2.45) is 13.0 Å². The molecule has 174 valence electrons. The second-order valence-corrected chi connectivity index (χ2v) is 9.16. The van der Waals surface area contributed by atoms with Gasteiger partial charge in [0.05, 0.1) is 11.1 Å². The first kappa shape index (κ1) is 21.3. The Morgan fingerprint density at radius 2 is 1.49 bits per heavy atom. The van der Waals surface area contributed by atoms with Gasteiger partial charge in [0.1, 0.15) is 5.92 Å². The van der Waals surface area contributed by atoms with Gasteiger partial charge < -0.3 is 9.80 Å². The van der Waals surface area contributed by atoms with Crippen molar-refractivity contribution >= 4 is 28.3 Å². The van der Waals surface area contributed by atoms with Crippen LogP contribution in [0, 0.1) is 5.92 Å². The van der Waals surface area contributed by atoms with Gasteiger partial charge in [0.25, 0.3) is 5.56 Å². The van der Waals surface area contributed by atoms with E-state index in [0.29, 0.717) is 37.1 Å². The van der Waals surface area contributed by atoms with E-state index in [4.69, 9.17) is 0 Å². The van der Waals surface area contributed by atoms with Crippen LogP contribution in [-0.4, -0.2) is 33.0 Å². The lowest BCUT2D eigenvalue weighted by molar-refractivity contribution is -0.140. The fourth-order valence-electron chi connectivity index (χ4n) is 5.19. The second kappa shape index (κ2) is 8.20. The zero-order valence-corrected chi connectivity index (χ0v) is 19.3.